The Morgan fingerprint density at radius 3 is 2.89 bits per heavy atom. The SMILES string of the molecule is Cc1c(CNC(=S)Nc2cccc(Cl)c2)cnn1C. The first kappa shape index (κ1) is 13.8. The fraction of sp³-hybridized carbons (Fsp3) is 0.231. The Morgan fingerprint density at radius 1 is 1.47 bits per heavy atom. The zero-order valence-electron chi connectivity index (χ0n) is 10.8. The Labute approximate surface area is 122 Å². The van der Waals surface area contributed by atoms with Crippen LogP contribution in [0.25, 0.3) is 0 Å². The molecule has 1 aromatic heterocycles. The van der Waals surface area contributed by atoms with Gasteiger partial charge >= 0.3 is 0 Å². The first-order valence-corrected chi connectivity index (χ1v) is 6.63. The lowest BCUT2D eigenvalue weighted by Crippen LogP contribution is -2.28. The molecule has 6 heteroatoms. The molecule has 0 bridgehead atoms. The number of nitrogens with one attached hydrogen (secondary N) is 2. The number of hydrogen-bond donors (Lipinski definition) is 2. The van der Waals surface area contributed by atoms with E-state index in [4.69, 9.17) is 23.8 Å². The van der Waals surface area contributed by atoms with Crippen LogP contribution >= 0.6 is 23.8 Å². The topological polar surface area (TPSA) is 41.9 Å². The minimum Gasteiger partial charge on any atom is -0.358 e. The monoisotopic (exact) mass is 294 g/mol. The molecule has 0 aliphatic rings. The van der Waals surface area contributed by atoms with Crippen molar-refractivity contribution in [1.82, 2.24) is 15.1 Å². The van der Waals surface area contributed by atoms with Crippen LogP contribution in [-0.4, -0.2) is 14.9 Å². The molecular weight excluding hydrogens is 280 g/mol. The average Bonchev–Trinajstić information content (AvgIpc) is 2.68. The first-order valence-electron chi connectivity index (χ1n) is 5.84. The number of benzene rings is 1. The largest absolute Gasteiger partial charge is 0.358 e. The van der Waals surface area contributed by atoms with Crippen molar-refractivity contribution < 1.29 is 0 Å². The highest BCUT2D eigenvalue weighted by Crippen LogP contribution is 2.14. The van der Waals surface area contributed by atoms with Crippen LogP contribution in [0.5, 0.6) is 0 Å². The Hall–Kier alpha value is -1.59. The van der Waals surface area contributed by atoms with Crippen molar-refractivity contribution in [2.45, 2.75) is 13.5 Å². The van der Waals surface area contributed by atoms with Gasteiger partial charge in [-0.2, -0.15) is 5.10 Å². The normalized spacial score (nSPS) is 10.3. The Bertz CT molecular complexity index is 594. The van der Waals surface area contributed by atoms with E-state index in [0.29, 0.717) is 16.7 Å². The lowest BCUT2D eigenvalue weighted by Gasteiger charge is -2.10. The number of nitrogens with zero attached hydrogens (tertiary/aromatic N) is 2. The van der Waals surface area contributed by atoms with Gasteiger partial charge in [-0.3, -0.25) is 4.68 Å². The third kappa shape index (κ3) is 3.68. The zero-order valence-corrected chi connectivity index (χ0v) is 12.3. The first-order chi connectivity index (χ1) is 9.06. The van der Waals surface area contributed by atoms with Crippen LogP contribution in [0.15, 0.2) is 30.5 Å². The van der Waals surface area contributed by atoms with E-state index in [1.165, 1.54) is 0 Å². The number of rotatable bonds is 3. The summed E-state index contributed by atoms with van der Waals surface area (Å²) in [5, 5.41) is 11.7. The van der Waals surface area contributed by atoms with Crippen molar-refractivity contribution in [3.8, 4) is 0 Å². The van der Waals surface area contributed by atoms with Crippen LogP contribution in [0.1, 0.15) is 11.3 Å². The zero-order chi connectivity index (χ0) is 13.8. The molecule has 0 fully saturated rings. The lowest BCUT2D eigenvalue weighted by molar-refractivity contribution is 0.736. The van der Waals surface area contributed by atoms with Gasteiger partial charge in [0.15, 0.2) is 5.11 Å². The summed E-state index contributed by atoms with van der Waals surface area (Å²) in [4.78, 5) is 0. The summed E-state index contributed by atoms with van der Waals surface area (Å²) in [7, 11) is 1.92. The van der Waals surface area contributed by atoms with E-state index in [2.05, 4.69) is 15.7 Å². The molecule has 2 N–H and O–H groups in total. The maximum Gasteiger partial charge on any atom is 0.171 e. The van der Waals surface area contributed by atoms with E-state index in [0.717, 1.165) is 16.9 Å². The summed E-state index contributed by atoms with van der Waals surface area (Å²) in [5.41, 5.74) is 3.11. The second-order valence-electron chi connectivity index (χ2n) is 4.20. The van der Waals surface area contributed by atoms with Gasteiger partial charge in [-0.25, -0.2) is 0 Å². The number of hydrogen-bond acceptors (Lipinski definition) is 2. The van der Waals surface area contributed by atoms with Crippen LogP contribution in [-0.2, 0) is 13.6 Å². The summed E-state index contributed by atoms with van der Waals surface area (Å²) < 4.78 is 1.84. The molecule has 2 aromatic rings. The summed E-state index contributed by atoms with van der Waals surface area (Å²) in [6.45, 7) is 2.67. The predicted molar refractivity (Wildman–Crippen MR) is 82.5 cm³/mol. The molecular formula is C13H15ClN4S. The van der Waals surface area contributed by atoms with Crippen molar-refractivity contribution in [2.75, 3.05) is 5.32 Å². The molecule has 100 valence electrons. The van der Waals surface area contributed by atoms with Gasteiger partial charge in [0.25, 0.3) is 0 Å². The van der Waals surface area contributed by atoms with Gasteiger partial charge in [0.1, 0.15) is 0 Å². The fourth-order valence-electron chi connectivity index (χ4n) is 1.63. The minimum atomic E-state index is 0.561. The summed E-state index contributed by atoms with van der Waals surface area (Å²) in [6, 6.07) is 7.43. The molecule has 1 heterocycles. The Kier molecular flexibility index (Phi) is 4.39. The number of aromatic nitrogens is 2. The molecule has 0 aliphatic heterocycles. The maximum absolute atomic E-state index is 5.91. The highest BCUT2D eigenvalue weighted by atomic mass is 35.5. The quantitative estimate of drug-likeness (QED) is 0.854. The molecule has 19 heavy (non-hydrogen) atoms. The van der Waals surface area contributed by atoms with Gasteiger partial charge in [0.05, 0.1) is 6.20 Å². The summed E-state index contributed by atoms with van der Waals surface area (Å²) in [5.74, 6) is 0. The highest BCUT2D eigenvalue weighted by Gasteiger charge is 2.04. The van der Waals surface area contributed by atoms with Gasteiger partial charge < -0.3 is 10.6 Å². The van der Waals surface area contributed by atoms with E-state index < -0.39 is 0 Å². The van der Waals surface area contributed by atoms with Crippen molar-refractivity contribution in [3.63, 3.8) is 0 Å². The number of halogens is 1. The van der Waals surface area contributed by atoms with Crippen molar-refractivity contribution in [1.29, 1.82) is 0 Å². The fourth-order valence-corrected chi connectivity index (χ4v) is 2.02. The molecule has 0 saturated carbocycles. The minimum absolute atomic E-state index is 0.561. The molecule has 0 unspecified atom stereocenters. The van der Waals surface area contributed by atoms with Gasteiger partial charge in [-0.05, 0) is 37.3 Å². The van der Waals surface area contributed by atoms with E-state index >= 15 is 0 Å². The highest BCUT2D eigenvalue weighted by molar-refractivity contribution is 7.80. The average molecular weight is 295 g/mol. The molecule has 0 atom stereocenters. The lowest BCUT2D eigenvalue weighted by atomic mass is 10.2. The second kappa shape index (κ2) is 6.04. The molecule has 0 saturated heterocycles. The van der Waals surface area contributed by atoms with Crippen LogP contribution in [0.3, 0.4) is 0 Å². The standard InChI is InChI=1S/C13H15ClN4S/c1-9-10(8-16-18(9)2)7-15-13(19)17-12-5-3-4-11(14)6-12/h3-6,8H,7H2,1-2H3,(H2,15,17,19). The van der Waals surface area contributed by atoms with Crippen LogP contribution < -0.4 is 10.6 Å². The van der Waals surface area contributed by atoms with Crippen LogP contribution in [0.4, 0.5) is 5.69 Å². The van der Waals surface area contributed by atoms with Crippen molar-refractivity contribution in [3.05, 3.63) is 46.7 Å². The number of anilines is 1. The van der Waals surface area contributed by atoms with Crippen LogP contribution in [0, 0.1) is 6.92 Å². The number of aryl methyl sites for hydroxylation is 1. The van der Waals surface area contributed by atoms with Gasteiger partial charge in [-0.15, -0.1) is 0 Å². The predicted octanol–water partition coefficient (Wildman–Crippen LogP) is 2.87. The Morgan fingerprint density at radius 2 is 2.26 bits per heavy atom. The molecule has 1 aromatic carbocycles. The Balaban J connectivity index is 1.90. The third-order valence-corrected chi connectivity index (χ3v) is 3.34. The maximum atomic E-state index is 5.91. The van der Waals surface area contributed by atoms with E-state index in [9.17, 15) is 0 Å². The van der Waals surface area contributed by atoms with Crippen molar-refractivity contribution in [2.24, 2.45) is 7.05 Å². The molecule has 0 spiro atoms. The molecule has 0 amide bonds. The number of thiocarbonyl (C=S) groups is 1. The molecule has 0 radical (unpaired) electrons. The van der Waals surface area contributed by atoms with Gasteiger partial charge in [0.2, 0.25) is 0 Å². The van der Waals surface area contributed by atoms with Crippen LogP contribution in [0.2, 0.25) is 5.02 Å². The van der Waals surface area contributed by atoms with E-state index in [-0.39, 0.29) is 0 Å². The van der Waals surface area contributed by atoms with E-state index in [1.54, 1.807) is 0 Å². The second-order valence-corrected chi connectivity index (χ2v) is 5.04. The van der Waals surface area contributed by atoms with Gasteiger partial charge in [-0.1, -0.05) is 17.7 Å². The third-order valence-electron chi connectivity index (χ3n) is 2.86. The van der Waals surface area contributed by atoms with Gasteiger partial charge in [0, 0.05) is 35.6 Å². The molecule has 2 rings (SSSR count). The summed E-state index contributed by atoms with van der Waals surface area (Å²) >= 11 is 11.1. The summed E-state index contributed by atoms with van der Waals surface area (Å²) in [6.07, 6.45) is 1.84. The van der Waals surface area contributed by atoms with E-state index in [1.807, 2.05) is 49.1 Å². The van der Waals surface area contributed by atoms with Crippen molar-refractivity contribution >= 4 is 34.6 Å². The molecule has 0 aliphatic carbocycles. The molecule has 4 nitrogen and oxygen atoms in total. The smallest absolute Gasteiger partial charge is 0.171 e.